The lowest BCUT2D eigenvalue weighted by molar-refractivity contribution is 0.108. The van der Waals surface area contributed by atoms with E-state index in [9.17, 15) is 5.11 Å². The molecule has 1 rings (SSSR count). The maximum absolute atomic E-state index is 9.50. The Hall–Kier alpha value is 0.310. The predicted octanol–water partition coefficient (Wildman–Crippen LogP) is 1.51. The number of hydrogen-bond donors (Lipinski definition) is 1. The Labute approximate surface area is 60.8 Å². The van der Waals surface area contributed by atoms with Crippen LogP contribution in [0.15, 0.2) is 0 Å². The molecule has 1 aliphatic heterocycles. The van der Waals surface area contributed by atoms with E-state index >= 15 is 0 Å². The zero-order valence-corrected chi connectivity index (χ0v) is 7.03. The Morgan fingerprint density at radius 1 is 1.56 bits per heavy atom. The van der Waals surface area contributed by atoms with Crippen molar-refractivity contribution in [2.75, 3.05) is 5.75 Å². The average Bonchev–Trinajstić information content (AvgIpc) is 1.97. The van der Waals surface area contributed by atoms with Crippen molar-refractivity contribution in [1.82, 2.24) is 0 Å². The van der Waals surface area contributed by atoms with Crippen molar-refractivity contribution >= 4 is 11.8 Å². The van der Waals surface area contributed by atoms with Gasteiger partial charge in [0.2, 0.25) is 0 Å². The molecule has 0 spiro atoms. The highest BCUT2D eigenvalue weighted by Gasteiger charge is 2.38. The molecule has 1 heterocycles. The molecule has 0 aliphatic carbocycles. The van der Waals surface area contributed by atoms with Gasteiger partial charge in [-0.15, -0.1) is 0 Å². The fourth-order valence-corrected chi connectivity index (χ4v) is 2.49. The van der Waals surface area contributed by atoms with Crippen molar-refractivity contribution in [3.05, 3.63) is 0 Å². The van der Waals surface area contributed by atoms with Crippen molar-refractivity contribution in [3.8, 4) is 0 Å². The van der Waals surface area contributed by atoms with Crippen LogP contribution in [0.3, 0.4) is 0 Å². The molecule has 2 atom stereocenters. The summed E-state index contributed by atoms with van der Waals surface area (Å²) in [6.07, 6.45) is -0.109. The van der Waals surface area contributed by atoms with Crippen LogP contribution in [0.4, 0.5) is 0 Å². The van der Waals surface area contributed by atoms with Crippen LogP contribution in [0.2, 0.25) is 0 Å². The summed E-state index contributed by atoms with van der Waals surface area (Å²) >= 11 is 1.87. The maximum Gasteiger partial charge on any atom is 0.0714 e. The summed E-state index contributed by atoms with van der Waals surface area (Å²) in [5.41, 5.74) is 0. The van der Waals surface area contributed by atoms with Gasteiger partial charge >= 0.3 is 0 Å². The van der Waals surface area contributed by atoms with E-state index in [1.807, 2.05) is 11.8 Å². The molecule has 0 aromatic carbocycles. The summed E-state index contributed by atoms with van der Waals surface area (Å²) in [5, 5.41) is 9.50. The first kappa shape index (κ1) is 7.42. The van der Waals surface area contributed by atoms with E-state index < -0.39 is 0 Å². The minimum atomic E-state index is -0.109. The standard InChI is InChI=1S/C7H14OS/c1-5-4-9-7(2,3)6(5)8/h5-6,8H,4H2,1-3H3/t5-,6+/m1/s1. The highest BCUT2D eigenvalue weighted by molar-refractivity contribution is 8.00. The molecule has 1 aliphatic rings. The Balaban J connectivity index is 2.62. The molecule has 0 unspecified atom stereocenters. The zero-order chi connectivity index (χ0) is 7.07. The van der Waals surface area contributed by atoms with E-state index in [4.69, 9.17) is 0 Å². The highest BCUT2D eigenvalue weighted by atomic mass is 32.2. The van der Waals surface area contributed by atoms with E-state index in [2.05, 4.69) is 20.8 Å². The third kappa shape index (κ3) is 1.24. The van der Waals surface area contributed by atoms with Crippen LogP contribution in [0, 0.1) is 5.92 Å². The molecule has 0 saturated carbocycles. The van der Waals surface area contributed by atoms with Crippen LogP contribution >= 0.6 is 11.8 Å². The number of rotatable bonds is 0. The zero-order valence-electron chi connectivity index (χ0n) is 6.22. The van der Waals surface area contributed by atoms with E-state index in [1.165, 1.54) is 0 Å². The van der Waals surface area contributed by atoms with Crippen molar-refractivity contribution in [3.63, 3.8) is 0 Å². The Bertz CT molecular complexity index is 111. The van der Waals surface area contributed by atoms with Crippen LogP contribution in [0.1, 0.15) is 20.8 Å². The summed E-state index contributed by atoms with van der Waals surface area (Å²) < 4.78 is 0.0966. The molecular weight excluding hydrogens is 132 g/mol. The van der Waals surface area contributed by atoms with Gasteiger partial charge in [0.05, 0.1) is 6.10 Å². The maximum atomic E-state index is 9.50. The Morgan fingerprint density at radius 2 is 2.11 bits per heavy atom. The smallest absolute Gasteiger partial charge is 0.0714 e. The molecule has 0 aromatic heterocycles. The topological polar surface area (TPSA) is 20.2 Å². The van der Waals surface area contributed by atoms with E-state index in [0.717, 1.165) is 5.75 Å². The second-order valence-electron chi connectivity index (χ2n) is 3.34. The van der Waals surface area contributed by atoms with E-state index in [-0.39, 0.29) is 10.9 Å². The van der Waals surface area contributed by atoms with Gasteiger partial charge in [-0.2, -0.15) is 11.8 Å². The first-order valence-corrected chi connectivity index (χ1v) is 4.34. The van der Waals surface area contributed by atoms with E-state index in [1.54, 1.807) is 0 Å². The number of aliphatic hydroxyl groups excluding tert-OH is 1. The molecule has 0 radical (unpaired) electrons. The molecular formula is C7H14OS. The van der Waals surface area contributed by atoms with Crippen LogP contribution in [0.5, 0.6) is 0 Å². The fourth-order valence-electron chi connectivity index (χ4n) is 1.21. The second-order valence-corrected chi connectivity index (χ2v) is 5.01. The predicted molar refractivity (Wildman–Crippen MR) is 41.7 cm³/mol. The fraction of sp³-hybridized carbons (Fsp3) is 1.00. The van der Waals surface area contributed by atoms with Gasteiger partial charge < -0.3 is 5.11 Å². The van der Waals surface area contributed by atoms with Crippen LogP contribution < -0.4 is 0 Å². The minimum absolute atomic E-state index is 0.0966. The SMILES string of the molecule is C[C@@H]1CSC(C)(C)[C@H]1O. The number of aliphatic hydroxyl groups is 1. The second kappa shape index (κ2) is 2.17. The first-order valence-electron chi connectivity index (χ1n) is 3.36. The van der Waals surface area contributed by atoms with Gasteiger partial charge in [-0.25, -0.2) is 0 Å². The molecule has 0 bridgehead atoms. The lowest BCUT2D eigenvalue weighted by Crippen LogP contribution is -2.31. The third-order valence-corrected chi connectivity index (χ3v) is 3.65. The van der Waals surface area contributed by atoms with Gasteiger partial charge in [-0.05, 0) is 25.5 Å². The Kier molecular flexibility index (Phi) is 1.79. The summed E-state index contributed by atoms with van der Waals surface area (Å²) in [6, 6.07) is 0. The third-order valence-electron chi connectivity index (χ3n) is 1.97. The molecule has 1 nitrogen and oxygen atoms in total. The molecule has 1 N–H and O–H groups in total. The van der Waals surface area contributed by atoms with Crippen molar-refractivity contribution in [2.24, 2.45) is 5.92 Å². The monoisotopic (exact) mass is 146 g/mol. The summed E-state index contributed by atoms with van der Waals surface area (Å²) in [6.45, 7) is 6.31. The van der Waals surface area contributed by atoms with Gasteiger partial charge in [0, 0.05) is 4.75 Å². The Morgan fingerprint density at radius 3 is 2.22 bits per heavy atom. The van der Waals surface area contributed by atoms with Gasteiger partial charge in [0.15, 0.2) is 0 Å². The largest absolute Gasteiger partial charge is 0.391 e. The van der Waals surface area contributed by atoms with Gasteiger partial charge in [-0.3, -0.25) is 0 Å². The van der Waals surface area contributed by atoms with E-state index in [0.29, 0.717) is 5.92 Å². The van der Waals surface area contributed by atoms with Gasteiger partial charge in [0.25, 0.3) is 0 Å². The number of hydrogen-bond acceptors (Lipinski definition) is 2. The van der Waals surface area contributed by atoms with Gasteiger partial charge in [0.1, 0.15) is 0 Å². The lowest BCUT2D eigenvalue weighted by Gasteiger charge is -2.22. The average molecular weight is 146 g/mol. The highest BCUT2D eigenvalue weighted by Crippen LogP contribution is 2.40. The lowest BCUT2D eigenvalue weighted by atomic mass is 9.97. The number of thioether (sulfide) groups is 1. The van der Waals surface area contributed by atoms with Crippen molar-refractivity contribution in [2.45, 2.75) is 31.6 Å². The molecule has 0 amide bonds. The van der Waals surface area contributed by atoms with Crippen molar-refractivity contribution < 1.29 is 5.11 Å². The normalized spacial score (nSPS) is 41.3. The molecule has 1 saturated heterocycles. The summed E-state index contributed by atoms with van der Waals surface area (Å²) in [4.78, 5) is 0. The molecule has 1 fully saturated rings. The van der Waals surface area contributed by atoms with Crippen LogP contribution in [-0.2, 0) is 0 Å². The van der Waals surface area contributed by atoms with Crippen molar-refractivity contribution in [1.29, 1.82) is 0 Å². The first-order chi connectivity index (χ1) is 4.04. The molecule has 0 aromatic rings. The molecule has 54 valence electrons. The van der Waals surface area contributed by atoms with Crippen LogP contribution in [-0.4, -0.2) is 21.7 Å². The van der Waals surface area contributed by atoms with Crippen LogP contribution in [0.25, 0.3) is 0 Å². The summed E-state index contributed by atoms with van der Waals surface area (Å²) in [7, 11) is 0. The molecule has 2 heteroatoms. The summed E-state index contributed by atoms with van der Waals surface area (Å²) in [5.74, 6) is 1.58. The molecule has 9 heavy (non-hydrogen) atoms. The van der Waals surface area contributed by atoms with Gasteiger partial charge in [-0.1, -0.05) is 6.92 Å². The quantitative estimate of drug-likeness (QED) is 0.559. The minimum Gasteiger partial charge on any atom is -0.391 e.